The van der Waals surface area contributed by atoms with Gasteiger partial charge in [-0.3, -0.25) is 14.5 Å². The lowest BCUT2D eigenvalue weighted by Gasteiger charge is -2.17. The largest absolute Gasteiger partial charge is 0.391 e. The molecule has 0 spiro atoms. The van der Waals surface area contributed by atoms with Gasteiger partial charge in [0.25, 0.3) is 5.91 Å². The number of carbonyl (C=O) groups excluding carboxylic acids is 1. The van der Waals surface area contributed by atoms with Crippen molar-refractivity contribution in [3.05, 3.63) is 72.8 Å². The Morgan fingerprint density at radius 3 is 2.74 bits per heavy atom. The minimum Gasteiger partial charge on any atom is -0.391 e. The Morgan fingerprint density at radius 1 is 1.11 bits per heavy atom. The topological polar surface area (TPSA) is 80.0 Å². The normalized spacial score (nSPS) is 21.9. The van der Waals surface area contributed by atoms with Crippen molar-refractivity contribution in [2.75, 3.05) is 0 Å². The number of aliphatic hydroxyl groups is 1. The predicted molar refractivity (Wildman–Crippen MR) is 102 cm³/mol. The number of pyridine rings is 1. The molecule has 2 heterocycles. The molecule has 2 N–H and O–H groups in total. The highest BCUT2D eigenvalue weighted by atomic mass is 16.3. The SMILES string of the molecule is O=C(N[C@@H]1CC(Cn2cccn2)C[C@H]1O)c1cccc(-c2ccncc2)c1. The van der Waals surface area contributed by atoms with Crippen molar-refractivity contribution in [1.29, 1.82) is 0 Å². The number of rotatable bonds is 5. The second-order valence-corrected chi connectivity index (χ2v) is 7.03. The van der Waals surface area contributed by atoms with Crippen molar-refractivity contribution in [1.82, 2.24) is 20.1 Å². The van der Waals surface area contributed by atoms with Crippen LogP contribution in [0.1, 0.15) is 23.2 Å². The Labute approximate surface area is 157 Å². The van der Waals surface area contributed by atoms with E-state index < -0.39 is 6.10 Å². The van der Waals surface area contributed by atoms with Crippen LogP contribution in [0.25, 0.3) is 11.1 Å². The summed E-state index contributed by atoms with van der Waals surface area (Å²) < 4.78 is 1.87. The number of nitrogens with one attached hydrogen (secondary N) is 1. The lowest BCUT2D eigenvalue weighted by Crippen LogP contribution is -2.39. The van der Waals surface area contributed by atoms with Crippen molar-refractivity contribution in [3.63, 3.8) is 0 Å². The van der Waals surface area contributed by atoms with E-state index in [1.54, 1.807) is 24.7 Å². The zero-order chi connectivity index (χ0) is 18.6. The number of aromatic nitrogens is 3. The van der Waals surface area contributed by atoms with E-state index in [2.05, 4.69) is 15.4 Å². The first-order valence-electron chi connectivity index (χ1n) is 9.16. The van der Waals surface area contributed by atoms with Crippen molar-refractivity contribution in [2.45, 2.75) is 31.5 Å². The third kappa shape index (κ3) is 4.06. The molecule has 6 heteroatoms. The summed E-state index contributed by atoms with van der Waals surface area (Å²) in [4.78, 5) is 16.7. The fraction of sp³-hybridized carbons (Fsp3) is 0.286. The fourth-order valence-electron chi connectivity index (χ4n) is 3.73. The molecule has 1 aliphatic carbocycles. The molecule has 2 aromatic heterocycles. The van der Waals surface area contributed by atoms with Crippen LogP contribution >= 0.6 is 0 Å². The Morgan fingerprint density at radius 2 is 1.96 bits per heavy atom. The van der Waals surface area contributed by atoms with Gasteiger partial charge in [0, 0.05) is 36.9 Å². The van der Waals surface area contributed by atoms with E-state index in [1.807, 2.05) is 47.3 Å². The predicted octanol–water partition coefficient (Wildman–Crippen LogP) is 2.51. The summed E-state index contributed by atoms with van der Waals surface area (Å²) in [7, 11) is 0. The average Bonchev–Trinajstić information content (AvgIpc) is 3.33. The number of benzene rings is 1. The van der Waals surface area contributed by atoms with Crippen molar-refractivity contribution < 1.29 is 9.90 Å². The van der Waals surface area contributed by atoms with Gasteiger partial charge in [-0.25, -0.2) is 0 Å². The molecule has 0 saturated heterocycles. The molecule has 0 bridgehead atoms. The number of hydrogen-bond donors (Lipinski definition) is 2. The summed E-state index contributed by atoms with van der Waals surface area (Å²) in [6, 6.07) is 13.0. The van der Waals surface area contributed by atoms with E-state index in [9.17, 15) is 9.90 Å². The summed E-state index contributed by atoms with van der Waals surface area (Å²) in [5.41, 5.74) is 2.57. The van der Waals surface area contributed by atoms with Gasteiger partial charge in [-0.1, -0.05) is 12.1 Å². The van der Waals surface area contributed by atoms with E-state index in [1.165, 1.54) is 0 Å². The number of aliphatic hydroxyl groups excluding tert-OH is 1. The van der Waals surface area contributed by atoms with Gasteiger partial charge in [0.1, 0.15) is 0 Å². The molecule has 1 amide bonds. The van der Waals surface area contributed by atoms with Crippen LogP contribution in [0.3, 0.4) is 0 Å². The Balaban J connectivity index is 1.42. The van der Waals surface area contributed by atoms with Gasteiger partial charge in [0.05, 0.1) is 12.1 Å². The molecule has 3 atom stereocenters. The van der Waals surface area contributed by atoms with Gasteiger partial charge in [-0.05, 0) is 60.2 Å². The molecule has 1 aliphatic rings. The van der Waals surface area contributed by atoms with E-state index >= 15 is 0 Å². The molecule has 27 heavy (non-hydrogen) atoms. The van der Waals surface area contributed by atoms with Gasteiger partial charge >= 0.3 is 0 Å². The van der Waals surface area contributed by atoms with E-state index in [-0.39, 0.29) is 11.9 Å². The molecule has 0 radical (unpaired) electrons. The van der Waals surface area contributed by atoms with Crippen molar-refractivity contribution >= 4 is 5.91 Å². The maximum Gasteiger partial charge on any atom is 0.251 e. The van der Waals surface area contributed by atoms with Crippen molar-refractivity contribution in [2.24, 2.45) is 5.92 Å². The molecule has 138 valence electrons. The molecule has 6 nitrogen and oxygen atoms in total. The molecule has 1 unspecified atom stereocenters. The number of carbonyl (C=O) groups is 1. The molecular weight excluding hydrogens is 340 g/mol. The Bertz CT molecular complexity index is 896. The summed E-state index contributed by atoms with van der Waals surface area (Å²) in [5.74, 6) is 0.142. The van der Waals surface area contributed by atoms with Gasteiger partial charge in [0.2, 0.25) is 0 Å². The number of amides is 1. The Kier molecular flexibility index (Phi) is 4.98. The summed E-state index contributed by atoms with van der Waals surface area (Å²) >= 11 is 0. The van der Waals surface area contributed by atoms with E-state index in [4.69, 9.17) is 0 Å². The zero-order valence-corrected chi connectivity index (χ0v) is 14.9. The van der Waals surface area contributed by atoms with E-state index in [0.717, 1.165) is 24.1 Å². The summed E-state index contributed by atoms with van der Waals surface area (Å²) in [6.07, 6.45) is 8.02. The van der Waals surface area contributed by atoms with Crippen LogP contribution in [-0.2, 0) is 6.54 Å². The highest BCUT2D eigenvalue weighted by Gasteiger charge is 2.34. The molecule has 0 aliphatic heterocycles. The lowest BCUT2D eigenvalue weighted by molar-refractivity contribution is 0.0873. The first-order chi connectivity index (χ1) is 13.2. The Hall–Kier alpha value is -2.99. The van der Waals surface area contributed by atoms with Gasteiger partial charge < -0.3 is 10.4 Å². The second kappa shape index (κ2) is 7.72. The summed E-state index contributed by atoms with van der Waals surface area (Å²) in [5, 5.41) is 17.6. The van der Waals surface area contributed by atoms with Crippen LogP contribution in [0.2, 0.25) is 0 Å². The van der Waals surface area contributed by atoms with E-state index in [0.29, 0.717) is 17.9 Å². The second-order valence-electron chi connectivity index (χ2n) is 7.03. The third-order valence-electron chi connectivity index (χ3n) is 5.09. The van der Waals surface area contributed by atoms with Crippen LogP contribution in [0.4, 0.5) is 0 Å². The van der Waals surface area contributed by atoms with Crippen LogP contribution in [-0.4, -0.2) is 37.9 Å². The van der Waals surface area contributed by atoms with Crippen molar-refractivity contribution in [3.8, 4) is 11.1 Å². The maximum atomic E-state index is 12.7. The molecule has 4 rings (SSSR count). The first kappa shape index (κ1) is 17.4. The first-order valence-corrected chi connectivity index (χ1v) is 9.16. The fourth-order valence-corrected chi connectivity index (χ4v) is 3.73. The van der Waals surface area contributed by atoms with Crippen LogP contribution in [0.15, 0.2) is 67.3 Å². The molecular formula is C21H22N4O2. The monoisotopic (exact) mass is 362 g/mol. The maximum absolute atomic E-state index is 12.7. The molecule has 3 aromatic rings. The van der Waals surface area contributed by atoms with Crippen LogP contribution in [0.5, 0.6) is 0 Å². The minimum absolute atomic E-state index is 0.158. The van der Waals surface area contributed by atoms with Crippen LogP contribution in [0, 0.1) is 5.92 Å². The summed E-state index contributed by atoms with van der Waals surface area (Å²) in [6.45, 7) is 0.758. The lowest BCUT2D eigenvalue weighted by atomic mass is 10.0. The highest BCUT2D eigenvalue weighted by Crippen LogP contribution is 2.28. The average molecular weight is 362 g/mol. The highest BCUT2D eigenvalue weighted by molar-refractivity contribution is 5.95. The van der Waals surface area contributed by atoms with Gasteiger partial charge in [-0.2, -0.15) is 5.10 Å². The van der Waals surface area contributed by atoms with Crippen LogP contribution < -0.4 is 5.32 Å². The molecule has 1 saturated carbocycles. The standard InChI is InChI=1S/C21H22N4O2/c26-20-12-15(14-25-10-2-7-23-25)11-19(20)24-21(27)18-4-1-3-17(13-18)16-5-8-22-9-6-16/h1-10,13,15,19-20,26H,11-12,14H2,(H,24,27)/t15?,19-,20-/m1/s1. The minimum atomic E-state index is -0.530. The molecule has 1 aromatic carbocycles. The van der Waals surface area contributed by atoms with Gasteiger partial charge in [-0.15, -0.1) is 0 Å². The van der Waals surface area contributed by atoms with Gasteiger partial charge in [0.15, 0.2) is 0 Å². The third-order valence-corrected chi connectivity index (χ3v) is 5.09. The molecule has 1 fully saturated rings. The number of nitrogens with zero attached hydrogens (tertiary/aromatic N) is 3. The number of hydrogen-bond acceptors (Lipinski definition) is 4. The smallest absolute Gasteiger partial charge is 0.251 e. The zero-order valence-electron chi connectivity index (χ0n) is 14.9. The quantitative estimate of drug-likeness (QED) is 0.731.